The highest BCUT2D eigenvalue weighted by atomic mass is 32.2. The maximum atomic E-state index is 13.5. The number of rotatable bonds is 5. The molecule has 0 radical (unpaired) electrons. The van der Waals surface area contributed by atoms with Crippen LogP contribution in [0.5, 0.6) is 0 Å². The van der Waals surface area contributed by atoms with E-state index in [0.717, 1.165) is 23.4 Å². The highest BCUT2D eigenvalue weighted by Gasteiger charge is 2.26. The molecule has 28 heavy (non-hydrogen) atoms. The van der Waals surface area contributed by atoms with Crippen molar-refractivity contribution >= 4 is 21.6 Å². The van der Waals surface area contributed by atoms with Gasteiger partial charge in [-0.25, -0.2) is 22.3 Å². The fourth-order valence-corrected chi connectivity index (χ4v) is 3.84. The Morgan fingerprint density at radius 1 is 1.21 bits per heavy atom. The zero-order valence-electron chi connectivity index (χ0n) is 15.5. The van der Waals surface area contributed by atoms with Crippen molar-refractivity contribution in [3.63, 3.8) is 0 Å². The molecule has 1 aliphatic rings. The Hall–Kier alpha value is -2.52. The number of nitrogens with zero attached hydrogens (tertiary/aromatic N) is 2. The molecule has 0 aromatic heterocycles. The van der Waals surface area contributed by atoms with Gasteiger partial charge in [0.15, 0.2) is 11.6 Å². The van der Waals surface area contributed by atoms with E-state index in [0.29, 0.717) is 18.5 Å². The second kappa shape index (κ2) is 7.48. The summed E-state index contributed by atoms with van der Waals surface area (Å²) in [6.07, 6.45) is 0.606. The highest BCUT2D eigenvalue weighted by Crippen LogP contribution is 2.30. The normalized spacial score (nSPS) is 14.7. The summed E-state index contributed by atoms with van der Waals surface area (Å²) in [5.74, 6) is -2.08. The van der Waals surface area contributed by atoms with Gasteiger partial charge in [0.05, 0.1) is 17.5 Å². The molecule has 150 valence electrons. The molecule has 6 nitrogen and oxygen atoms in total. The molecular formula is C19H21F2N3O3S. The van der Waals surface area contributed by atoms with E-state index in [1.807, 2.05) is 4.90 Å². The van der Waals surface area contributed by atoms with Crippen molar-refractivity contribution in [3.8, 4) is 0 Å². The number of carbonyl (C=O) groups is 1. The van der Waals surface area contributed by atoms with E-state index in [1.165, 1.54) is 23.1 Å². The molecule has 2 aromatic carbocycles. The predicted molar refractivity (Wildman–Crippen MR) is 101 cm³/mol. The number of anilines is 1. The van der Waals surface area contributed by atoms with Crippen LogP contribution in [0, 0.1) is 11.6 Å². The molecule has 1 unspecified atom stereocenters. The first-order valence-corrected chi connectivity index (χ1v) is 10.2. The van der Waals surface area contributed by atoms with Gasteiger partial charge >= 0.3 is 0 Å². The van der Waals surface area contributed by atoms with Gasteiger partial charge in [0.2, 0.25) is 15.9 Å². The number of hydrogen-bond donors (Lipinski definition) is 1. The minimum absolute atomic E-state index is 0.0449. The van der Waals surface area contributed by atoms with E-state index >= 15 is 0 Å². The van der Waals surface area contributed by atoms with Gasteiger partial charge in [0.1, 0.15) is 0 Å². The molecule has 0 saturated carbocycles. The third kappa shape index (κ3) is 4.00. The molecule has 2 aromatic rings. The average molecular weight is 409 g/mol. The summed E-state index contributed by atoms with van der Waals surface area (Å²) >= 11 is 0. The van der Waals surface area contributed by atoms with Crippen LogP contribution in [-0.2, 0) is 21.2 Å². The van der Waals surface area contributed by atoms with Crippen molar-refractivity contribution < 1.29 is 22.0 Å². The van der Waals surface area contributed by atoms with Crippen LogP contribution in [0.15, 0.2) is 41.3 Å². The summed E-state index contributed by atoms with van der Waals surface area (Å²) in [6.45, 7) is 2.40. The standard InChI is InChI=1S/C19H21F2N3O3S/c1-12(13-3-5-16(20)17(21)10-13)23(2)19(25)11-24-8-7-14-9-15(28(22,26)27)4-6-18(14)24/h3-6,9-10,12H,7-8,11H2,1-2H3,(H2,22,26,27). The van der Waals surface area contributed by atoms with Gasteiger partial charge < -0.3 is 9.80 Å². The van der Waals surface area contributed by atoms with Crippen molar-refractivity contribution in [3.05, 3.63) is 59.2 Å². The predicted octanol–water partition coefficient (Wildman–Crippen LogP) is 2.19. The molecule has 0 bridgehead atoms. The molecule has 0 saturated heterocycles. The van der Waals surface area contributed by atoms with Crippen LogP contribution >= 0.6 is 0 Å². The lowest BCUT2D eigenvalue weighted by molar-refractivity contribution is -0.130. The van der Waals surface area contributed by atoms with Crippen molar-refractivity contribution in [1.82, 2.24) is 4.90 Å². The number of fused-ring (bicyclic) bond motifs is 1. The summed E-state index contributed by atoms with van der Waals surface area (Å²) in [4.78, 5) is 16.1. The summed E-state index contributed by atoms with van der Waals surface area (Å²) in [5.41, 5.74) is 2.10. The first kappa shape index (κ1) is 20.2. The van der Waals surface area contributed by atoms with Crippen molar-refractivity contribution in [2.45, 2.75) is 24.3 Å². The van der Waals surface area contributed by atoms with E-state index in [-0.39, 0.29) is 17.3 Å². The Bertz CT molecular complexity index is 1030. The number of sulfonamides is 1. The number of nitrogens with two attached hydrogens (primary N) is 1. The molecule has 0 fully saturated rings. The molecule has 1 heterocycles. The van der Waals surface area contributed by atoms with Crippen molar-refractivity contribution in [2.75, 3.05) is 25.0 Å². The molecule has 2 N–H and O–H groups in total. The molecule has 9 heteroatoms. The minimum Gasteiger partial charge on any atom is -0.362 e. The van der Waals surface area contributed by atoms with Crippen molar-refractivity contribution in [1.29, 1.82) is 0 Å². The first-order chi connectivity index (χ1) is 13.1. The van der Waals surface area contributed by atoms with E-state index in [9.17, 15) is 22.0 Å². The van der Waals surface area contributed by atoms with Gasteiger partial charge in [-0.3, -0.25) is 4.79 Å². The number of amides is 1. The van der Waals surface area contributed by atoms with Crippen molar-refractivity contribution in [2.24, 2.45) is 5.14 Å². The Morgan fingerprint density at radius 2 is 1.93 bits per heavy atom. The average Bonchev–Trinajstić information content (AvgIpc) is 3.04. The van der Waals surface area contributed by atoms with Gasteiger partial charge in [-0.15, -0.1) is 0 Å². The quantitative estimate of drug-likeness (QED) is 0.821. The highest BCUT2D eigenvalue weighted by molar-refractivity contribution is 7.89. The molecule has 0 spiro atoms. The number of benzene rings is 2. The SMILES string of the molecule is CC(c1ccc(F)c(F)c1)N(C)C(=O)CN1CCc2cc(S(N)(=O)=O)ccc21. The number of hydrogen-bond acceptors (Lipinski definition) is 4. The molecule has 1 amide bonds. The molecule has 0 aliphatic carbocycles. The number of halogens is 2. The fraction of sp³-hybridized carbons (Fsp3) is 0.316. The van der Waals surface area contributed by atoms with Gasteiger partial charge in [-0.2, -0.15) is 0 Å². The van der Waals surface area contributed by atoms with Crippen LogP contribution in [0.4, 0.5) is 14.5 Å². The zero-order valence-corrected chi connectivity index (χ0v) is 16.3. The lowest BCUT2D eigenvalue weighted by Crippen LogP contribution is -2.39. The molecule has 1 aliphatic heterocycles. The summed E-state index contributed by atoms with van der Waals surface area (Å²) < 4.78 is 49.6. The smallest absolute Gasteiger partial charge is 0.242 e. The van der Waals surface area contributed by atoms with E-state index in [2.05, 4.69) is 0 Å². The summed E-state index contributed by atoms with van der Waals surface area (Å²) in [6, 6.07) is 7.74. The van der Waals surface area contributed by atoms with E-state index < -0.39 is 27.7 Å². The van der Waals surface area contributed by atoms with Crippen LogP contribution in [0.1, 0.15) is 24.1 Å². The molecule has 3 rings (SSSR count). The monoisotopic (exact) mass is 409 g/mol. The summed E-state index contributed by atoms with van der Waals surface area (Å²) in [7, 11) is -2.17. The number of primary sulfonamides is 1. The third-order valence-corrected chi connectivity index (χ3v) is 6.01. The van der Waals surface area contributed by atoms with Crippen LogP contribution < -0.4 is 10.0 Å². The van der Waals surface area contributed by atoms with Crippen LogP contribution in [-0.4, -0.2) is 39.4 Å². The minimum atomic E-state index is -3.78. The lowest BCUT2D eigenvalue weighted by Gasteiger charge is -2.28. The lowest BCUT2D eigenvalue weighted by atomic mass is 10.1. The van der Waals surface area contributed by atoms with Crippen LogP contribution in [0.3, 0.4) is 0 Å². The van der Waals surface area contributed by atoms with Crippen LogP contribution in [0.25, 0.3) is 0 Å². The Balaban J connectivity index is 1.73. The van der Waals surface area contributed by atoms with Gasteiger partial charge in [-0.05, 0) is 54.8 Å². The topological polar surface area (TPSA) is 83.7 Å². The van der Waals surface area contributed by atoms with Gasteiger partial charge in [0, 0.05) is 19.3 Å². The Morgan fingerprint density at radius 3 is 2.57 bits per heavy atom. The van der Waals surface area contributed by atoms with Crippen LogP contribution in [0.2, 0.25) is 0 Å². The molecule has 1 atom stereocenters. The zero-order chi connectivity index (χ0) is 20.6. The van der Waals surface area contributed by atoms with E-state index in [1.54, 1.807) is 20.0 Å². The Kier molecular flexibility index (Phi) is 5.40. The van der Waals surface area contributed by atoms with Gasteiger partial charge in [-0.1, -0.05) is 6.07 Å². The maximum Gasteiger partial charge on any atom is 0.242 e. The molecular weight excluding hydrogens is 388 g/mol. The fourth-order valence-electron chi connectivity index (χ4n) is 3.27. The number of carbonyl (C=O) groups excluding carboxylic acids is 1. The Labute approximate surface area is 162 Å². The second-order valence-electron chi connectivity index (χ2n) is 6.86. The maximum absolute atomic E-state index is 13.5. The third-order valence-electron chi connectivity index (χ3n) is 5.10. The second-order valence-corrected chi connectivity index (χ2v) is 8.42. The summed E-state index contributed by atoms with van der Waals surface area (Å²) in [5, 5.41) is 5.16. The first-order valence-electron chi connectivity index (χ1n) is 8.69. The van der Waals surface area contributed by atoms with Gasteiger partial charge in [0.25, 0.3) is 0 Å². The van der Waals surface area contributed by atoms with E-state index in [4.69, 9.17) is 5.14 Å². The number of likely N-dealkylation sites (N-methyl/N-ethyl adjacent to an activating group) is 1. The largest absolute Gasteiger partial charge is 0.362 e.